The Bertz CT molecular complexity index is 938. The van der Waals surface area contributed by atoms with E-state index in [4.69, 9.17) is 14.2 Å². The van der Waals surface area contributed by atoms with Crippen molar-refractivity contribution in [2.24, 2.45) is 5.92 Å². The molecule has 1 amide bonds. The van der Waals surface area contributed by atoms with Crippen LogP contribution in [0.15, 0.2) is 60.5 Å². The van der Waals surface area contributed by atoms with Gasteiger partial charge >= 0.3 is 5.97 Å². The third-order valence-electron chi connectivity index (χ3n) is 5.58. The first-order valence-electron chi connectivity index (χ1n) is 10.7. The molecule has 3 aliphatic rings. The van der Waals surface area contributed by atoms with Gasteiger partial charge < -0.3 is 19.1 Å². The summed E-state index contributed by atoms with van der Waals surface area (Å²) in [5, 5.41) is 0. The van der Waals surface area contributed by atoms with Crippen molar-refractivity contribution in [2.45, 2.75) is 44.6 Å². The smallest absolute Gasteiger partial charge is 0.348 e. The highest BCUT2D eigenvalue weighted by atomic mass is 32.1. The Morgan fingerprint density at radius 2 is 2.16 bits per heavy atom. The van der Waals surface area contributed by atoms with Gasteiger partial charge in [-0.3, -0.25) is 4.79 Å². The number of hydrogen-bond donors (Lipinski definition) is 0. The van der Waals surface area contributed by atoms with Gasteiger partial charge in [-0.2, -0.15) is 0 Å². The van der Waals surface area contributed by atoms with Crippen molar-refractivity contribution in [3.8, 4) is 0 Å². The van der Waals surface area contributed by atoms with Crippen LogP contribution in [0.3, 0.4) is 0 Å². The van der Waals surface area contributed by atoms with Gasteiger partial charge in [0, 0.05) is 17.3 Å². The first-order chi connectivity index (χ1) is 15.2. The van der Waals surface area contributed by atoms with Crippen molar-refractivity contribution in [3.63, 3.8) is 0 Å². The van der Waals surface area contributed by atoms with E-state index >= 15 is 0 Å². The van der Waals surface area contributed by atoms with Gasteiger partial charge in [-0.25, -0.2) is 4.79 Å². The Kier molecular flexibility index (Phi) is 6.92. The highest BCUT2D eigenvalue weighted by Crippen LogP contribution is 2.35. The number of amides is 1. The van der Waals surface area contributed by atoms with E-state index in [2.05, 4.69) is 12.2 Å². The van der Waals surface area contributed by atoms with Crippen LogP contribution in [0.25, 0.3) is 0 Å². The SMILES string of the molecule is COC(=O)c1ccc(CCCN(C(=O)C2CC2)C(C2=CC=CCC2)C2=COC=CO2)s1. The normalized spacial score (nSPS) is 18.4. The molecule has 0 N–H and O–H groups in total. The first kappa shape index (κ1) is 21.4. The van der Waals surface area contributed by atoms with Gasteiger partial charge in [0.25, 0.3) is 0 Å². The molecule has 31 heavy (non-hydrogen) atoms. The lowest BCUT2D eigenvalue weighted by atomic mass is 9.94. The quantitative estimate of drug-likeness (QED) is 0.519. The van der Waals surface area contributed by atoms with Crippen molar-refractivity contribution in [3.05, 3.63) is 70.2 Å². The number of allylic oxidation sites excluding steroid dienone is 3. The van der Waals surface area contributed by atoms with E-state index in [9.17, 15) is 9.59 Å². The van der Waals surface area contributed by atoms with Gasteiger partial charge in [-0.15, -0.1) is 11.3 Å². The van der Waals surface area contributed by atoms with Crippen LogP contribution in [0.5, 0.6) is 0 Å². The monoisotopic (exact) mass is 441 g/mol. The summed E-state index contributed by atoms with van der Waals surface area (Å²) in [5.41, 5.74) is 1.16. The Morgan fingerprint density at radius 1 is 1.29 bits per heavy atom. The molecule has 1 fully saturated rings. The third kappa shape index (κ3) is 5.28. The molecular weight excluding hydrogens is 414 g/mol. The lowest BCUT2D eigenvalue weighted by molar-refractivity contribution is -0.134. The number of ether oxygens (including phenoxy) is 3. The number of rotatable bonds is 9. The van der Waals surface area contributed by atoms with E-state index in [1.54, 1.807) is 12.3 Å². The molecule has 7 heteroatoms. The molecule has 1 aromatic heterocycles. The van der Waals surface area contributed by atoms with E-state index in [0.717, 1.165) is 49.0 Å². The number of carbonyl (C=O) groups is 2. The molecule has 6 nitrogen and oxygen atoms in total. The molecule has 0 radical (unpaired) electrons. The lowest BCUT2D eigenvalue weighted by Gasteiger charge is -2.35. The van der Waals surface area contributed by atoms with E-state index in [-0.39, 0.29) is 23.8 Å². The molecule has 0 saturated heterocycles. The molecule has 0 spiro atoms. The second-order valence-corrected chi connectivity index (χ2v) is 8.99. The van der Waals surface area contributed by atoms with E-state index in [1.165, 1.54) is 31.0 Å². The van der Waals surface area contributed by atoms with Crippen molar-refractivity contribution in [1.82, 2.24) is 4.90 Å². The second-order valence-electron chi connectivity index (χ2n) is 7.82. The Hall–Kier alpha value is -2.80. The van der Waals surface area contributed by atoms with E-state index < -0.39 is 0 Å². The van der Waals surface area contributed by atoms with Crippen LogP contribution in [-0.2, 0) is 25.4 Å². The fraction of sp³-hybridized carbons (Fsp3) is 0.417. The summed E-state index contributed by atoms with van der Waals surface area (Å²) in [7, 11) is 1.39. The Balaban J connectivity index is 1.51. The molecule has 4 rings (SSSR count). The maximum absolute atomic E-state index is 13.3. The van der Waals surface area contributed by atoms with Crippen LogP contribution in [0.4, 0.5) is 0 Å². The number of thiophene rings is 1. The molecule has 1 aliphatic heterocycles. The average Bonchev–Trinajstić information content (AvgIpc) is 3.57. The molecule has 0 bridgehead atoms. The fourth-order valence-corrected chi connectivity index (χ4v) is 4.83. The standard InChI is InChI=1S/C24H27NO5S/c1-28-24(27)21-12-11-19(31-21)8-5-13-25(23(26)18-9-10-18)22(17-6-3-2-4-7-17)20-16-29-14-15-30-20/h2-3,6,11-12,14-16,18,22H,4-5,7-10,13H2,1H3. The molecular formula is C24H27NO5S. The number of methoxy groups -OCH3 is 1. The number of aryl methyl sites for hydroxylation is 1. The third-order valence-corrected chi connectivity index (χ3v) is 6.71. The first-order valence-corrected chi connectivity index (χ1v) is 11.5. The summed E-state index contributed by atoms with van der Waals surface area (Å²) in [6.07, 6.45) is 16.2. The summed E-state index contributed by atoms with van der Waals surface area (Å²) in [6, 6.07) is 3.49. The largest absolute Gasteiger partial charge is 0.466 e. The lowest BCUT2D eigenvalue weighted by Crippen LogP contribution is -2.45. The van der Waals surface area contributed by atoms with Gasteiger partial charge in [0.15, 0.2) is 5.76 Å². The number of esters is 1. The minimum absolute atomic E-state index is 0.107. The minimum Gasteiger partial charge on any atom is -0.466 e. The summed E-state index contributed by atoms with van der Waals surface area (Å²) < 4.78 is 15.9. The predicted octanol–water partition coefficient (Wildman–Crippen LogP) is 4.71. The van der Waals surface area contributed by atoms with Crippen molar-refractivity contribution < 1.29 is 23.8 Å². The van der Waals surface area contributed by atoms with Crippen molar-refractivity contribution in [1.29, 1.82) is 0 Å². The van der Waals surface area contributed by atoms with Gasteiger partial charge in [0.2, 0.25) is 5.91 Å². The molecule has 1 unspecified atom stereocenters. The van der Waals surface area contributed by atoms with Gasteiger partial charge in [-0.1, -0.05) is 18.2 Å². The molecule has 1 atom stereocenters. The van der Waals surface area contributed by atoms with Crippen LogP contribution < -0.4 is 0 Å². The highest BCUT2D eigenvalue weighted by Gasteiger charge is 2.39. The maximum atomic E-state index is 13.3. The van der Waals surface area contributed by atoms with E-state index in [0.29, 0.717) is 17.2 Å². The van der Waals surface area contributed by atoms with Gasteiger partial charge in [0.05, 0.1) is 7.11 Å². The highest BCUT2D eigenvalue weighted by molar-refractivity contribution is 7.13. The molecule has 164 valence electrons. The van der Waals surface area contributed by atoms with Crippen LogP contribution in [0.2, 0.25) is 0 Å². The van der Waals surface area contributed by atoms with Crippen molar-refractivity contribution in [2.75, 3.05) is 13.7 Å². The molecule has 2 aliphatic carbocycles. The van der Waals surface area contributed by atoms with E-state index in [1.807, 2.05) is 17.0 Å². The molecule has 2 heterocycles. The summed E-state index contributed by atoms with van der Waals surface area (Å²) in [6.45, 7) is 0.608. The molecule has 0 aromatic carbocycles. The van der Waals surface area contributed by atoms with Crippen LogP contribution in [0.1, 0.15) is 46.7 Å². The summed E-state index contributed by atoms with van der Waals surface area (Å²) in [5.74, 6) is 0.618. The van der Waals surface area contributed by atoms with Gasteiger partial charge in [0.1, 0.15) is 29.7 Å². The zero-order chi connectivity index (χ0) is 21.6. The topological polar surface area (TPSA) is 65.1 Å². The predicted molar refractivity (Wildman–Crippen MR) is 118 cm³/mol. The summed E-state index contributed by atoms with van der Waals surface area (Å²) >= 11 is 1.45. The number of hydrogen-bond acceptors (Lipinski definition) is 6. The van der Waals surface area contributed by atoms with Gasteiger partial charge in [-0.05, 0) is 56.2 Å². The number of carbonyl (C=O) groups excluding carboxylic acids is 2. The Labute approximate surface area is 186 Å². The van der Waals surface area contributed by atoms with Crippen molar-refractivity contribution >= 4 is 23.2 Å². The van der Waals surface area contributed by atoms with Crippen LogP contribution in [0, 0.1) is 5.92 Å². The maximum Gasteiger partial charge on any atom is 0.348 e. The molecule has 1 saturated carbocycles. The summed E-state index contributed by atoms with van der Waals surface area (Å²) in [4.78, 5) is 28.7. The van der Waals surface area contributed by atoms with Crippen LogP contribution >= 0.6 is 11.3 Å². The zero-order valence-electron chi connectivity index (χ0n) is 17.6. The minimum atomic E-state index is -0.311. The van der Waals surface area contributed by atoms with Crippen LogP contribution in [-0.4, -0.2) is 36.5 Å². The Morgan fingerprint density at radius 3 is 2.84 bits per heavy atom. The second kappa shape index (κ2) is 10.0. The average molecular weight is 442 g/mol. The number of nitrogens with zero attached hydrogens (tertiary/aromatic N) is 1. The fourth-order valence-electron chi connectivity index (χ4n) is 3.86. The zero-order valence-corrected chi connectivity index (χ0v) is 18.4. The molecule has 1 aromatic rings.